The summed E-state index contributed by atoms with van der Waals surface area (Å²) < 4.78 is 0.716. The quantitative estimate of drug-likeness (QED) is 0.658. The summed E-state index contributed by atoms with van der Waals surface area (Å²) in [5.74, 6) is 0. The van der Waals surface area contributed by atoms with Crippen LogP contribution in [0.4, 0.5) is 11.4 Å². The highest BCUT2D eigenvalue weighted by Crippen LogP contribution is 2.28. The van der Waals surface area contributed by atoms with E-state index < -0.39 is 0 Å². The Kier molecular flexibility index (Phi) is 4.73. The number of nitrogens with one attached hydrogen (secondary N) is 1. The lowest BCUT2D eigenvalue weighted by molar-refractivity contribution is -0.384. The van der Waals surface area contributed by atoms with Crippen molar-refractivity contribution < 1.29 is 4.92 Å². The van der Waals surface area contributed by atoms with Crippen LogP contribution in [0.1, 0.15) is 26.7 Å². The van der Waals surface area contributed by atoms with Crippen molar-refractivity contribution in [3.63, 3.8) is 0 Å². The Morgan fingerprint density at radius 1 is 1.56 bits per heavy atom. The number of rotatable bonds is 5. The van der Waals surface area contributed by atoms with Gasteiger partial charge in [0.2, 0.25) is 0 Å². The van der Waals surface area contributed by atoms with E-state index in [1.54, 1.807) is 12.1 Å². The third kappa shape index (κ3) is 3.48. The maximum absolute atomic E-state index is 10.9. The lowest BCUT2D eigenvalue weighted by Gasteiger charge is -2.14. The molecule has 0 aliphatic heterocycles. The molecule has 1 aromatic rings. The number of hydrogen-bond donors (Lipinski definition) is 1. The van der Waals surface area contributed by atoms with Gasteiger partial charge in [-0.1, -0.05) is 29.3 Å². The van der Waals surface area contributed by atoms with E-state index in [-0.39, 0.29) is 16.7 Å². The van der Waals surface area contributed by atoms with E-state index in [0.29, 0.717) is 10.2 Å². The molecule has 1 rings (SSSR count). The number of halogens is 1. The van der Waals surface area contributed by atoms with Crippen LogP contribution in [0.15, 0.2) is 22.7 Å². The normalized spacial score (nSPS) is 12.2. The number of hydrogen-bond acceptors (Lipinski definition) is 3. The molecule has 1 N–H and O–H groups in total. The van der Waals surface area contributed by atoms with Gasteiger partial charge in [-0.2, -0.15) is 0 Å². The van der Waals surface area contributed by atoms with Gasteiger partial charge in [0, 0.05) is 16.6 Å². The van der Waals surface area contributed by atoms with E-state index >= 15 is 0 Å². The van der Waals surface area contributed by atoms with Gasteiger partial charge in [-0.25, -0.2) is 0 Å². The summed E-state index contributed by atoms with van der Waals surface area (Å²) in [6.07, 6.45) is 2.05. The first kappa shape index (κ1) is 13.0. The lowest BCUT2D eigenvalue weighted by atomic mass is 10.2. The first-order valence-corrected chi connectivity index (χ1v) is 6.04. The summed E-state index contributed by atoms with van der Waals surface area (Å²) in [7, 11) is 0. The Hall–Kier alpha value is -1.10. The SMILES string of the molecule is CCCC(C)Nc1ccc(Br)cc1[N+](=O)[O-]. The Balaban J connectivity index is 2.90. The fourth-order valence-electron chi connectivity index (χ4n) is 1.55. The van der Waals surface area contributed by atoms with Gasteiger partial charge in [0.05, 0.1) is 4.92 Å². The molecular formula is C11H15BrN2O2. The Morgan fingerprint density at radius 3 is 2.81 bits per heavy atom. The van der Waals surface area contributed by atoms with Crippen LogP contribution in [0.5, 0.6) is 0 Å². The first-order chi connectivity index (χ1) is 7.54. The number of nitrogens with zero attached hydrogens (tertiary/aromatic N) is 1. The maximum atomic E-state index is 10.9. The minimum Gasteiger partial charge on any atom is -0.377 e. The van der Waals surface area contributed by atoms with Crippen LogP contribution >= 0.6 is 15.9 Å². The molecule has 0 bridgehead atoms. The molecule has 0 saturated heterocycles. The van der Waals surface area contributed by atoms with Gasteiger partial charge in [0.15, 0.2) is 0 Å². The Bertz CT molecular complexity index is 382. The number of nitro groups is 1. The molecule has 0 spiro atoms. The highest BCUT2D eigenvalue weighted by atomic mass is 79.9. The molecule has 0 heterocycles. The van der Waals surface area contributed by atoms with Crippen LogP contribution in [0.3, 0.4) is 0 Å². The Labute approximate surface area is 103 Å². The molecule has 1 atom stereocenters. The zero-order valence-electron chi connectivity index (χ0n) is 9.37. The molecule has 0 aromatic heterocycles. The summed E-state index contributed by atoms with van der Waals surface area (Å²) in [5, 5.41) is 14.0. The van der Waals surface area contributed by atoms with Crippen molar-refractivity contribution in [1.82, 2.24) is 0 Å². The molecule has 1 aromatic carbocycles. The summed E-state index contributed by atoms with van der Waals surface area (Å²) in [6.45, 7) is 4.11. The van der Waals surface area contributed by atoms with E-state index in [2.05, 4.69) is 28.2 Å². The molecular weight excluding hydrogens is 272 g/mol. The molecule has 0 fully saturated rings. The van der Waals surface area contributed by atoms with Crippen molar-refractivity contribution in [3.05, 3.63) is 32.8 Å². The number of nitro benzene ring substituents is 1. The topological polar surface area (TPSA) is 55.2 Å². The smallest absolute Gasteiger partial charge is 0.293 e. The third-order valence-corrected chi connectivity index (χ3v) is 2.77. The van der Waals surface area contributed by atoms with Gasteiger partial charge in [0.1, 0.15) is 5.69 Å². The molecule has 0 radical (unpaired) electrons. The van der Waals surface area contributed by atoms with E-state index in [1.165, 1.54) is 6.07 Å². The molecule has 0 aliphatic carbocycles. The predicted octanol–water partition coefficient (Wildman–Crippen LogP) is 3.96. The predicted molar refractivity (Wildman–Crippen MR) is 68.8 cm³/mol. The van der Waals surface area contributed by atoms with Gasteiger partial charge >= 0.3 is 0 Å². The van der Waals surface area contributed by atoms with Crippen molar-refractivity contribution >= 4 is 27.3 Å². The fourth-order valence-corrected chi connectivity index (χ4v) is 1.90. The second kappa shape index (κ2) is 5.84. The van der Waals surface area contributed by atoms with Crippen LogP contribution in [0.2, 0.25) is 0 Å². The molecule has 1 unspecified atom stereocenters. The van der Waals surface area contributed by atoms with Crippen molar-refractivity contribution in [3.8, 4) is 0 Å². The molecule has 0 amide bonds. The van der Waals surface area contributed by atoms with Crippen LogP contribution in [0, 0.1) is 10.1 Å². The Morgan fingerprint density at radius 2 is 2.25 bits per heavy atom. The number of anilines is 1. The zero-order chi connectivity index (χ0) is 12.1. The summed E-state index contributed by atoms with van der Waals surface area (Å²) in [4.78, 5) is 10.5. The van der Waals surface area contributed by atoms with Crippen LogP contribution in [-0.4, -0.2) is 11.0 Å². The molecule has 16 heavy (non-hydrogen) atoms. The van der Waals surface area contributed by atoms with Crippen molar-refractivity contribution in [2.45, 2.75) is 32.7 Å². The van der Waals surface area contributed by atoms with Crippen molar-refractivity contribution in [2.24, 2.45) is 0 Å². The average molecular weight is 287 g/mol. The van der Waals surface area contributed by atoms with Gasteiger partial charge in [-0.05, 0) is 25.5 Å². The minimum absolute atomic E-state index is 0.109. The fraction of sp³-hybridized carbons (Fsp3) is 0.455. The summed E-state index contributed by atoms with van der Waals surface area (Å²) in [5.41, 5.74) is 0.687. The zero-order valence-corrected chi connectivity index (χ0v) is 11.0. The van der Waals surface area contributed by atoms with Gasteiger partial charge in [-0.15, -0.1) is 0 Å². The lowest BCUT2D eigenvalue weighted by Crippen LogP contribution is -2.15. The van der Waals surface area contributed by atoms with Crippen molar-refractivity contribution in [1.29, 1.82) is 0 Å². The molecule has 88 valence electrons. The van der Waals surface area contributed by atoms with Crippen LogP contribution in [0.25, 0.3) is 0 Å². The minimum atomic E-state index is -0.369. The van der Waals surface area contributed by atoms with Gasteiger partial charge in [0.25, 0.3) is 5.69 Å². The third-order valence-electron chi connectivity index (χ3n) is 2.28. The molecule has 0 aliphatic rings. The number of benzene rings is 1. The monoisotopic (exact) mass is 286 g/mol. The average Bonchev–Trinajstić information content (AvgIpc) is 2.20. The van der Waals surface area contributed by atoms with Crippen LogP contribution < -0.4 is 5.32 Å². The standard InChI is InChI=1S/C11H15BrN2O2/c1-3-4-8(2)13-10-6-5-9(12)7-11(10)14(15)16/h5-8,13H,3-4H2,1-2H3. The second-order valence-electron chi connectivity index (χ2n) is 3.75. The molecule has 0 saturated carbocycles. The largest absolute Gasteiger partial charge is 0.377 e. The highest BCUT2D eigenvalue weighted by molar-refractivity contribution is 9.10. The maximum Gasteiger partial charge on any atom is 0.293 e. The summed E-state index contributed by atoms with van der Waals surface area (Å²) >= 11 is 3.23. The summed E-state index contributed by atoms with van der Waals surface area (Å²) in [6, 6.07) is 5.29. The molecule has 4 nitrogen and oxygen atoms in total. The van der Waals surface area contributed by atoms with E-state index in [0.717, 1.165) is 12.8 Å². The molecule has 5 heteroatoms. The van der Waals surface area contributed by atoms with Crippen molar-refractivity contribution in [2.75, 3.05) is 5.32 Å². The van der Waals surface area contributed by atoms with Gasteiger partial charge < -0.3 is 5.32 Å². The van der Waals surface area contributed by atoms with E-state index in [1.807, 2.05) is 6.92 Å². The van der Waals surface area contributed by atoms with E-state index in [4.69, 9.17) is 0 Å². The van der Waals surface area contributed by atoms with Crippen LogP contribution in [-0.2, 0) is 0 Å². The first-order valence-electron chi connectivity index (χ1n) is 5.25. The van der Waals surface area contributed by atoms with Gasteiger partial charge in [-0.3, -0.25) is 10.1 Å². The van der Waals surface area contributed by atoms with E-state index in [9.17, 15) is 10.1 Å². The second-order valence-corrected chi connectivity index (χ2v) is 4.67. The highest BCUT2D eigenvalue weighted by Gasteiger charge is 2.15.